The molecular weight excluding hydrogens is 375 g/mol. The lowest BCUT2D eigenvalue weighted by molar-refractivity contribution is 0.102. The SMILES string of the molecule is O=C(Nc1ccccc1Br)c1cnc(Nc2cccc(F)c2)nc1. The number of hydrogen-bond donors (Lipinski definition) is 2. The Morgan fingerprint density at radius 1 is 1.04 bits per heavy atom. The Morgan fingerprint density at radius 3 is 2.50 bits per heavy atom. The Hall–Kier alpha value is -2.80. The molecule has 24 heavy (non-hydrogen) atoms. The van der Waals surface area contributed by atoms with Crippen LogP contribution in [0.2, 0.25) is 0 Å². The first-order valence-electron chi connectivity index (χ1n) is 7.02. The predicted octanol–water partition coefficient (Wildman–Crippen LogP) is 4.37. The monoisotopic (exact) mass is 386 g/mol. The minimum absolute atomic E-state index is 0.276. The van der Waals surface area contributed by atoms with E-state index in [4.69, 9.17) is 0 Å². The van der Waals surface area contributed by atoms with Gasteiger partial charge in [0, 0.05) is 22.6 Å². The van der Waals surface area contributed by atoms with Crippen LogP contribution < -0.4 is 10.6 Å². The maximum absolute atomic E-state index is 13.1. The third-order valence-corrected chi connectivity index (χ3v) is 3.81. The first-order valence-corrected chi connectivity index (χ1v) is 7.81. The van der Waals surface area contributed by atoms with E-state index in [0.29, 0.717) is 16.9 Å². The number of hydrogen-bond acceptors (Lipinski definition) is 4. The van der Waals surface area contributed by atoms with E-state index in [1.807, 2.05) is 18.2 Å². The zero-order valence-electron chi connectivity index (χ0n) is 12.3. The number of nitrogens with zero attached hydrogens (tertiary/aromatic N) is 2. The number of carbonyl (C=O) groups excluding carboxylic acids is 1. The number of anilines is 3. The lowest BCUT2D eigenvalue weighted by Crippen LogP contribution is -2.13. The van der Waals surface area contributed by atoms with Gasteiger partial charge in [-0.2, -0.15) is 0 Å². The number of halogens is 2. The zero-order chi connectivity index (χ0) is 16.9. The Kier molecular flexibility index (Phi) is 4.81. The summed E-state index contributed by atoms with van der Waals surface area (Å²) in [6, 6.07) is 13.2. The van der Waals surface area contributed by atoms with Crippen molar-refractivity contribution in [2.24, 2.45) is 0 Å². The van der Waals surface area contributed by atoms with Gasteiger partial charge in [-0.05, 0) is 46.3 Å². The Labute approximate surface area is 146 Å². The van der Waals surface area contributed by atoms with Crippen molar-refractivity contribution < 1.29 is 9.18 Å². The van der Waals surface area contributed by atoms with Crippen LogP contribution in [0.4, 0.5) is 21.7 Å². The summed E-state index contributed by atoms with van der Waals surface area (Å²) in [5, 5.41) is 5.64. The smallest absolute Gasteiger partial charge is 0.258 e. The van der Waals surface area contributed by atoms with Gasteiger partial charge in [0.2, 0.25) is 5.95 Å². The van der Waals surface area contributed by atoms with Gasteiger partial charge in [0.25, 0.3) is 5.91 Å². The predicted molar refractivity (Wildman–Crippen MR) is 93.8 cm³/mol. The van der Waals surface area contributed by atoms with Crippen LogP contribution in [0.3, 0.4) is 0 Å². The molecule has 3 rings (SSSR count). The Morgan fingerprint density at radius 2 is 1.79 bits per heavy atom. The number of rotatable bonds is 4. The van der Waals surface area contributed by atoms with E-state index in [1.54, 1.807) is 18.2 Å². The van der Waals surface area contributed by atoms with Gasteiger partial charge in [0.05, 0.1) is 11.3 Å². The molecule has 7 heteroatoms. The third kappa shape index (κ3) is 3.94. The van der Waals surface area contributed by atoms with Crippen LogP contribution in [0.25, 0.3) is 0 Å². The summed E-state index contributed by atoms with van der Waals surface area (Å²) in [5.41, 5.74) is 1.50. The molecule has 0 radical (unpaired) electrons. The number of benzene rings is 2. The lowest BCUT2D eigenvalue weighted by atomic mass is 10.3. The van der Waals surface area contributed by atoms with E-state index in [0.717, 1.165) is 4.47 Å². The second kappa shape index (κ2) is 7.18. The van der Waals surface area contributed by atoms with Gasteiger partial charge >= 0.3 is 0 Å². The van der Waals surface area contributed by atoms with Gasteiger partial charge in [-0.3, -0.25) is 4.79 Å². The maximum atomic E-state index is 13.1. The molecule has 1 aromatic heterocycles. The first-order chi connectivity index (χ1) is 11.6. The Balaban J connectivity index is 1.70. The highest BCUT2D eigenvalue weighted by molar-refractivity contribution is 9.10. The van der Waals surface area contributed by atoms with Gasteiger partial charge < -0.3 is 10.6 Å². The highest BCUT2D eigenvalue weighted by Crippen LogP contribution is 2.22. The van der Waals surface area contributed by atoms with Crippen LogP contribution in [-0.4, -0.2) is 15.9 Å². The van der Waals surface area contributed by atoms with Crippen LogP contribution in [0, 0.1) is 5.82 Å². The van der Waals surface area contributed by atoms with Crippen molar-refractivity contribution in [2.75, 3.05) is 10.6 Å². The zero-order valence-corrected chi connectivity index (χ0v) is 13.9. The van der Waals surface area contributed by atoms with Gasteiger partial charge in [-0.25, -0.2) is 14.4 Å². The van der Waals surface area contributed by atoms with Crippen molar-refractivity contribution in [1.82, 2.24) is 9.97 Å². The number of aromatic nitrogens is 2. The van der Waals surface area contributed by atoms with Crippen molar-refractivity contribution in [3.63, 3.8) is 0 Å². The molecule has 0 fully saturated rings. The molecule has 0 atom stereocenters. The van der Waals surface area contributed by atoms with E-state index in [1.165, 1.54) is 24.5 Å². The summed E-state index contributed by atoms with van der Waals surface area (Å²) in [7, 11) is 0. The minimum Gasteiger partial charge on any atom is -0.324 e. The average molecular weight is 387 g/mol. The van der Waals surface area contributed by atoms with Gasteiger partial charge in [0.1, 0.15) is 5.82 Å². The fraction of sp³-hybridized carbons (Fsp3) is 0. The summed E-state index contributed by atoms with van der Waals surface area (Å²) >= 11 is 3.37. The number of para-hydroxylation sites is 1. The molecule has 0 aliphatic carbocycles. The second-order valence-corrected chi connectivity index (χ2v) is 5.72. The van der Waals surface area contributed by atoms with Crippen molar-refractivity contribution in [3.05, 3.63) is 76.8 Å². The van der Waals surface area contributed by atoms with Crippen molar-refractivity contribution in [3.8, 4) is 0 Å². The largest absolute Gasteiger partial charge is 0.324 e. The normalized spacial score (nSPS) is 10.2. The Bertz CT molecular complexity index is 870. The molecular formula is C17H12BrFN4O. The molecule has 0 unspecified atom stereocenters. The number of amides is 1. The molecule has 0 bridgehead atoms. The molecule has 0 aliphatic rings. The van der Waals surface area contributed by atoms with Gasteiger partial charge in [-0.1, -0.05) is 18.2 Å². The number of nitrogens with one attached hydrogen (secondary N) is 2. The highest BCUT2D eigenvalue weighted by Gasteiger charge is 2.09. The molecule has 1 heterocycles. The quantitative estimate of drug-likeness (QED) is 0.698. The van der Waals surface area contributed by atoms with Crippen molar-refractivity contribution in [2.45, 2.75) is 0 Å². The molecule has 1 amide bonds. The third-order valence-electron chi connectivity index (χ3n) is 3.12. The van der Waals surface area contributed by atoms with Crippen LogP contribution in [0.5, 0.6) is 0 Å². The molecule has 0 saturated carbocycles. The van der Waals surface area contributed by atoms with Crippen LogP contribution in [0.15, 0.2) is 65.4 Å². The highest BCUT2D eigenvalue weighted by atomic mass is 79.9. The van der Waals surface area contributed by atoms with Gasteiger partial charge in [-0.15, -0.1) is 0 Å². The van der Waals surface area contributed by atoms with E-state index in [2.05, 4.69) is 36.5 Å². The molecule has 0 spiro atoms. The van der Waals surface area contributed by atoms with E-state index in [-0.39, 0.29) is 17.7 Å². The topological polar surface area (TPSA) is 66.9 Å². The van der Waals surface area contributed by atoms with Crippen LogP contribution in [-0.2, 0) is 0 Å². The van der Waals surface area contributed by atoms with Crippen molar-refractivity contribution in [1.29, 1.82) is 0 Å². The first kappa shape index (κ1) is 16.1. The summed E-state index contributed by atoms with van der Waals surface area (Å²) in [6.45, 7) is 0. The van der Waals surface area contributed by atoms with Crippen LogP contribution >= 0.6 is 15.9 Å². The maximum Gasteiger partial charge on any atom is 0.258 e. The molecule has 120 valence electrons. The summed E-state index contributed by atoms with van der Waals surface area (Å²) < 4.78 is 13.9. The van der Waals surface area contributed by atoms with E-state index < -0.39 is 0 Å². The summed E-state index contributed by atoms with van der Waals surface area (Å²) in [4.78, 5) is 20.3. The molecule has 0 aliphatic heterocycles. The lowest BCUT2D eigenvalue weighted by Gasteiger charge is -2.08. The molecule has 5 nitrogen and oxygen atoms in total. The van der Waals surface area contributed by atoms with Gasteiger partial charge in [0.15, 0.2) is 0 Å². The standard InChI is InChI=1S/C17H12BrFN4O/c18-14-6-1-2-7-15(14)23-16(24)11-9-20-17(21-10-11)22-13-5-3-4-12(19)8-13/h1-10H,(H,23,24)(H,20,21,22). The fourth-order valence-corrected chi connectivity index (χ4v) is 2.35. The molecule has 3 aromatic rings. The van der Waals surface area contributed by atoms with Crippen molar-refractivity contribution >= 4 is 39.2 Å². The summed E-state index contributed by atoms with van der Waals surface area (Å²) in [6.07, 6.45) is 2.81. The van der Waals surface area contributed by atoms with E-state index in [9.17, 15) is 9.18 Å². The molecule has 0 saturated heterocycles. The molecule has 2 aromatic carbocycles. The molecule has 2 N–H and O–H groups in total. The minimum atomic E-state index is -0.357. The average Bonchev–Trinajstić information content (AvgIpc) is 2.57. The fourth-order valence-electron chi connectivity index (χ4n) is 1.96. The second-order valence-electron chi connectivity index (χ2n) is 4.86. The van der Waals surface area contributed by atoms with Crippen LogP contribution in [0.1, 0.15) is 10.4 Å². The summed E-state index contributed by atoms with van der Waals surface area (Å²) in [5.74, 6) is -0.401. The number of carbonyl (C=O) groups is 1. The van der Waals surface area contributed by atoms with E-state index >= 15 is 0 Å².